The van der Waals surface area contributed by atoms with Gasteiger partial charge in [0.2, 0.25) is 5.91 Å². The van der Waals surface area contributed by atoms with Crippen molar-refractivity contribution in [2.45, 2.75) is 18.6 Å². The molecule has 1 atom stereocenters. The van der Waals surface area contributed by atoms with Crippen LogP contribution in [0.15, 0.2) is 0 Å². The summed E-state index contributed by atoms with van der Waals surface area (Å²) in [6.45, 7) is 0.716. The fraction of sp³-hybridized carbons (Fsp3) is 0.500. The summed E-state index contributed by atoms with van der Waals surface area (Å²) in [7, 11) is 0. The third-order valence-corrected chi connectivity index (χ3v) is 1.50. The van der Waals surface area contributed by atoms with E-state index in [4.69, 9.17) is 0 Å². The highest BCUT2D eigenvalue weighted by atomic mass is 19.3. The van der Waals surface area contributed by atoms with Gasteiger partial charge in [-0.05, 0) is 0 Å². The number of cyclic esters (lactones) is 2. The molecule has 0 aromatic rings. The van der Waals surface area contributed by atoms with Gasteiger partial charge in [-0.15, -0.1) is 0 Å². The average Bonchev–Trinajstić information content (AvgIpc) is 2.12. The molecule has 0 spiro atoms. The van der Waals surface area contributed by atoms with Crippen molar-refractivity contribution >= 4 is 17.8 Å². The number of halogens is 3. The molecule has 0 aliphatic carbocycles. The highest BCUT2D eigenvalue weighted by Crippen LogP contribution is 2.38. The fourth-order valence-corrected chi connectivity index (χ4v) is 0.860. The van der Waals surface area contributed by atoms with Crippen LogP contribution in [0.5, 0.6) is 0 Å². The molecule has 5 nitrogen and oxygen atoms in total. The Hall–Kier alpha value is -1.60. The molecular weight excluding hydrogens is 207 g/mol. The first kappa shape index (κ1) is 10.5. The lowest BCUT2D eigenvalue weighted by Crippen LogP contribution is -2.59. The predicted octanol–water partition coefficient (Wildman–Crippen LogP) is -0.493. The molecule has 1 heterocycles. The Kier molecular flexibility index (Phi) is 2.02. The van der Waals surface area contributed by atoms with Crippen molar-refractivity contribution in [1.29, 1.82) is 0 Å². The second kappa shape index (κ2) is 2.69. The number of carbonyl (C=O) groups excluding carboxylic acids is 3. The van der Waals surface area contributed by atoms with Crippen LogP contribution in [0.25, 0.3) is 0 Å². The van der Waals surface area contributed by atoms with E-state index in [-0.39, 0.29) is 0 Å². The van der Waals surface area contributed by atoms with Crippen molar-refractivity contribution in [3.05, 3.63) is 0 Å². The van der Waals surface area contributed by atoms with E-state index in [0.717, 1.165) is 5.32 Å². The number of amides is 1. The molecule has 0 aromatic heterocycles. The van der Waals surface area contributed by atoms with Crippen LogP contribution in [-0.4, -0.2) is 29.6 Å². The third-order valence-electron chi connectivity index (χ3n) is 1.50. The number of alkyl halides is 3. The van der Waals surface area contributed by atoms with Crippen LogP contribution >= 0.6 is 0 Å². The number of nitrogens with one attached hydrogen (secondary N) is 1. The summed E-state index contributed by atoms with van der Waals surface area (Å²) in [6.07, 6.45) is 0. The van der Waals surface area contributed by atoms with Crippen LogP contribution in [0.2, 0.25) is 0 Å². The molecule has 1 N–H and O–H groups in total. The van der Waals surface area contributed by atoms with E-state index in [1.807, 2.05) is 0 Å². The number of esters is 2. The van der Waals surface area contributed by atoms with Gasteiger partial charge in [-0.3, -0.25) is 4.79 Å². The Labute approximate surface area is 75.2 Å². The molecule has 1 saturated heterocycles. The van der Waals surface area contributed by atoms with E-state index in [0.29, 0.717) is 6.92 Å². The molecule has 0 saturated carbocycles. The molecule has 14 heavy (non-hydrogen) atoms. The van der Waals surface area contributed by atoms with Crippen LogP contribution in [0.4, 0.5) is 13.2 Å². The quantitative estimate of drug-likeness (QED) is 0.360. The Morgan fingerprint density at radius 3 is 2.07 bits per heavy atom. The van der Waals surface area contributed by atoms with Crippen molar-refractivity contribution in [3.8, 4) is 0 Å². The topological polar surface area (TPSA) is 72.5 Å². The van der Waals surface area contributed by atoms with E-state index in [1.54, 1.807) is 0 Å². The number of carbonyl (C=O) groups is 3. The second-order valence-electron chi connectivity index (χ2n) is 2.59. The average molecular weight is 211 g/mol. The van der Waals surface area contributed by atoms with Crippen LogP contribution in [0.1, 0.15) is 6.92 Å². The summed E-state index contributed by atoms with van der Waals surface area (Å²) in [5, 5.41) is 1.04. The predicted molar refractivity (Wildman–Crippen MR) is 33.7 cm³/mol. The maximum atomic E-state index is 13.2. The van der Waals surface area contributed by atoms with Gasteiger partial charge in [0.1, 0.15) is 0 Å². The van der Waals surface area contributed by atoms with Crippen LogP contribution in [0.3, 0.4) is 0 Å². The standard InChI is InChI=1S/C6H4F3NO4/c1-2(11)10-6(9)4(13)14-3(12)5(6,7)8/h1H3,(H,10,11). The molecule has 78 valence electrons. The molecule has 1 fully saturated rings. The van der Waals surface area contributed by atoms with Crippen LogP contribution in [-0.2, 0) is 19.1 Å². The van der Waals surface area contributed by atoms with Crippen LogP contribution < -0.4 is 5.32 Å². The van der Waals surface area contributed by atoms with Gasteiger partial charge in [0.25, 0.3) is 0 Å². The Bertz CT molecular complexity index is 329. The number of hydrogen-bond donors (Lipinski definition) is 1. The summed E-state index contributed by atoms with van der Waals surface area (Å²) in [6, 6.07) is 0. The molecule has 0 aromatic carbocycles. The van der Waals surface area contributed by atoms with E-state index >= 15 is 0 Å². The minimum atomic E-state index is -4.70. The maximum absolute atomic E-state index is 13.2. The molecule has 1 aliphatic heterocycles. The van der Waals surface area contributed by atoms with Gasteiger partial charge in [-0.1, -0.05) is 0 Å². The zero-order chi connectivity index (χ0) is 11.1. The molecule has 1 rings (SSSR count). The summed E-state index contributed by atoms with van der Waals surface area (Å²) in [5.41, 5.74) is 0. The summed E-state index contributed by atoms with van der Waals surface area (Å²) in [5.74, 6) is -14.5. The van der Waals surface area contributed by atoms with E-state index in [9.17, 15) is 27.6 Å². The Morgan fingerprint density at radius 1 is 1.29 bits per heavy atom. The van der Waals surface area contributed by atoms with E-state index < -0.39 is 29.6 Å². The normalized spacial score (nSPS) is 30.0. The first-order chi connectivity index (χ1) is 6.22. The second-order valence-corrected chi connectivity index (χ2v) is 2.59. The smallest absolute Gasteiger partial charge is 0.384 e. The number of ether oxygens (including phenoxy) is 1. The third kappa shape index (κ3) is 1.14. The molecule has 8 heteroatoms. The van der Waals surface area contributed by atoms with Crippen molar-refractivity contribution < 1.29 is 32.3 Å². The number of rotatable bonds is 1. The zero-order valence-electron chi connectivity index (χ0n) is 6.77. The molecule has 0 radical (unpaired) electrons. The lowest BCUT2D eigenvalue weighted by atomic mass is 10.1. The minimum absolute atomic E-state index is 0.716. The number of hydrogen-bond acceptors (Lipinski definition) is 4. The van der Waals surface area contributed by atoms with Gasteiger partial charge < -0.3 is 10.1 Å². The molecule has 1 amide bonds. The lowest BCUT2D eigenvalue weighted by molar-refractivity contribution is -0.171. The monoisotopic (exact) mass is 211 g/mol. The first-order valence-corrected chi connectivity index (χ1v) is 3.34. The van der Waals surface area contributed by atoms with Crippen molar-refractivity contribution in [3.63, 3.8) is 0 Å². The lowest BCUT2D eigenvalue weighted by Gasteiger charge is -2.20. The largest absolute Gasteiger partial charge is 0.405 e. The summed E-state index contributed by atoms with van der Waals surface area (Å²) < 4.78 is 42.0. The van der Waals surface area contributed by atoms with Gasteiger partial charge >= 0.3 is 23.7 Å². The van der Waals surface area contributed by atoms with Gasteiger partial charge in [-0.2, -0.15) is 13.2 Å². The zero-order valence-corrected chi connectivity index (χ0v) is 6.77. The van der Waals surface area contributed by atoms with E-state index in [1.165, 1.54) is 0 Å². The van der Waals surface area contributed by atoms with Gasteiger partial charge in [0.05, 0.1) is 0 Å². The highest BCUT2D eigenvalue weighted by Gasteiger charge is 2.74. The van der Waals surface area contributed by atoms with Gasteiger partial charge in [0.15, 0.2) is 0 Å². The van der Waals surface area contributed by atoms with Gasteiger partial charge in [0, 0.05) is 6.92 Å². The fourth-order valence-electron chi connectivity index (χ4n) is 0.860. The molecule has 0 bridgehead atoms. The SMILES string of the molecule is CC(=O)NC1(F)C(=O)OC(=O)C1(F)F. The Balaban J connectivity index is 3.12. The molecule has 1 unspecified atom stereocenters. The highest BCUT2D eigenvalue weighted by molar-refractivity contribution is 6.05. The van der Waals surface area contributed by atoms with E-state index in [2.05, 4.69) is 4.74 Å². The summed E-state index contributed by atoms with van der Waals surface area (Å²) >= 11 is 0. The van der Waals surface area contributed by atoms with Crippen molar-refractivity contribution in [2.75, 3.05) is 0 Å². The maximum Gasteiger partial charge on any atom is 0.405 e. The first-order valence-electron chi connectivity index (χ1n) is 3.34. The van der Waals surface area contributed by atoms with Crippen LogP contribution in [0, 0.1) is 0 Å². The summed E-state index contributed by atoms with van der Waals surface area (Å²) in [4.78, 5) is 31.2. The van der Waals surface area contributed by atoms with Crippen molar-refractivity contribution in [2.24, 2.45) is 0 Å². The molecule has 1 aliphatic rings. The minimum Gasteiger partial charge on any atom is -0.384 e. The molecular formula is C6H4F3NO4. The van der Waals surface area contributed by atoms with Crippen molar-refractivity contribution in [1.82, 2.24) is 5.32 Å². The Morgan fingerprint density at radius 2 is 1.79 bits per heavy atom. The van der Waals surface area contributed by atoms with Gasteiger partial charge in [-0.25, -0.2) is 9.59 Å².